The lowest BCUT2D eigenvalue weighted by molar-refractivity contribution is 0.568. The molecule has 0 bridgehead atoms. The number of aryl methyl sites for hydroxylation is 1. The van der Waals surface area contributed by atoms with Gasteiger partial charge in [0, 0.05) is 23.1 Å². The lowest BCUT2D eigenvalue weighted by Crippen LogP contribution is -2.17. The maximum Gasteiger partial charge on any atom is 0.132 e. The molecule has 2 aromatic rings. The van der Waals surface area contributed by atoms with Crippen LogP contribution >= 0.6 is 15.9 Å². The van der Waals surface area contributed by atoms with E-state index in [4.69, 9.17) is 0 Å². The lowest BCUT2D eigenvalue weighted by Gasteiger charge is -2.17. The first kappa shape index (κ1) is 9.90. The Hall–Kier alpha value is -1.29. The van der Waals surface area contributed by atoms with Crippen molar-refractivity contribution in [3.05, 3.63) is 34.9 Å². The lowest BCUT2D eigenvalue weighted by atomic mass is 10.1. The van der Waals surface area contributed by atoms with E-state index in [1.165, 1.54) is 11.1 Å². The summed E-state index contributed by atoms with van der Waals surface area (Å²) in [6, 6.07) is 8.31. The zero-order valence-electron chi connectivity index (χ0n) is 8.78. The number of hydrogen-bond donors (Lipinski definition) is 1. The Kier molecular flexibility index (Phi) is 2.44. The first-order valence-electron chi connectivity index (χ1n) is 5.40. The molecule has 0 saturated carbocycles. The van der Waals surface area contributed by atoms with E-state index in [1.54, 1.807) is 0 Å². The molecule has 3 nitrogen and oxygen atoms in total. The van der Waals surface area contributed by atoms with Gasteiger partial charge in [0.25, 0.3) is 0 Å². The topological polar surface area (TPSA) is 29.9 Å². The molecule has 82 valence electrons. The van der Waals surface area contributed by atoms with Crippen molar-refractivity contribution in [3.63, 3.8) is 0 Å². The van der Waals surface area contributed by atoms with Gasteiger partial charge in [0.15, 0.2) is 0 Å². The molecule has 16 heavy (non-hydrogen) atoms. The van der Waals surface area contributed by atoms with Crippen LogP contribution in [0.4, 0.5) is 5.82 Å². The van der Waals surface area contributed by atoms with Crippen LogP contribution in [-0.4, -0.2) is 16.3 Å². The normalized spacial score (nSPS) is 14.3. The Balaban J connectivity index is 2.09. The first-order valence-corrected chi connectivity index (χ1v) is 6.19. The number of hydrogen-bond acceptors (Lipinski definition) is 2. The van der Waals surface area contributed by atoms with Gasteiger partial charge in [0.2, 0.25) is 0 Å². The van der Waals surface area contributed by atoms with Gasteiger partial charge in [-0.15, -0.1) is 0 Å². The molecule has 1 aliphatic rings. The van der Waals surface area contributed by atoms with Gasteiger partial charge < -0.3 is 5.32 Å². The summed E-state index contributed by atoms with van der Waals surface area (Å²) >= 11 is 3.50. The largest absolute Gasteiger partial charge is 0.370 e. The molecule has 0 amide bonds. The van der Waals surface area contributed by atoms with Gasteiger partial charge in [0.05, 0.1) is 6.20 Å². The molecule has 1 aromatic heterocycles. The summed E-state index contributed by atoms with van der Waals surface area (Å²) in [7, 11) is 0. The predicted octanol–water partition coefficient (Wildman–Crippen LogP) is 3.13. The highest BCUT2D eigenvalue weighted by atomic mass is 79.9. The van der Waals surface area contributed by atoms with Crippen molar-refractivity contribution in [3.8, 4) is 11.1 Å². The van der Waals surface area contributed by atoms with E-state index in [-0.39, 0.29) is 0 Å². The van der Waals surface area contributed by atoms with Crippen LogP contribution in [0.3, 0.4) is 0 Å². The fourth-order valence-electron chi connectivity index (χ4n) is 2.04. The quantitative estimate of drug-likeness (QED) is 0.868. The van der Waals surface area contributed by atoms with Crippen molar-refractivity contribution in [2.24, 2.45) is 0 Å². The van der Waals surface area contributed by atoms with Gasteiger partial charge in [-0.05, 0) is 24.1 Å². The van der Waals surface area contributed by atoms with Crippen LogP contribution in [0.1, 0.15) is 6.42 Å². The van der Waals surface area contributed by atoms with Crippen LogP contribution in [0.2, 0.25) is 0 Å². The third kappa shape index (κ3) is 1.63. The summed E-state index contributed by atoms with van der Waals surface area (Å²) in [5, 5.41) is 7.82. The Bertz CT molecular complexity index is 519. The van der Waals surface area contributed by atoms with Crippen molar-refractivity contribution in [1.29, 1.82) is 0 Å². The second kappa shape index (κ2) is 3.94. The highest BCUT2D eigenvalue weighted by molar-refractivity contribution is 9.10. The van der Waals surface area contributed by atoms with Crippen LogP contribution in [0.15, 0.2) is 34.9 Å². The molecular weight excluding hydrogens is 266 g/mol. The van der Waals surface area contributed by atoms with Crippen molar-refractivity contribution >= 4 is 21.7 Å². The van der Waals surface area contributed by atoms with Crippen LogP contribution in [0.25, 0.3) is 11.1 Å². The van der Waals surface area contributed by atoms with Crippen LogP contribution in [0.5, 0.6) is 0 Å². The third-order valence-corrected chi connectivity index (χ3v) is 3.31. The van der Waals surface area contributed by atoms with Gasteiger partial charge >= 0.3 is 0 Å². The van der Waals surface area contributed by atoms with Gasteiger partial charge in [-0.25, -0.2) is 4.68 Å². The average molecular weight is 278 g/mol. The maximum absolute atomic E-state index is 4.40. The number of fused-ring (bicyclic) bond motifs is 1. The molecule has 4 heteroatoms. The number of rotatable bonds is 1. The summed E-state index contributed by atoms with van der Waals surface area (Å²) in [5.41, 5.74) is 2.38. The Labute approximate surface area is 103 Å². The highest BCUT2D eigenvalue weighted by Crippen LogP contribution is 2.31. The zero-order valence-corrected chi connectivity index (χ0v) is 10.4. The minimum atomic E-state index is 1.01. The summed E-state index contributed by atoms with van der Waals surface area (Å²) < 4.78 is 3.14. The second-order valence-electron chi connectivity index (χ2n) is 3.92. The van der Waals surface area contributed by atoms with Crippen LogP contribution in [-0.2, 0) is 6.54 Å². The highest BCUT2D eigenvalue weighted by Gasteiger charge is 2.15. The number of halogens is 1. The minimum absolute atomic E-state index is 1.01. The molecule has 1 aromatic carbocycles. The SMILES string of the molecule is Brc1cccc(-c2cnn3c2NCCC3)c1. The number of nitrogens with one attached hydrogen (secondary N) is 1. The van der Waals surface area contributed by atoms with E-state index < -0.39 is 0 Å². The Morgan fingerprint density at radius 1 is 1.38 bits per heavy atom. The second-order valence-corrected chi connectivity index (χ2v) is 4.84. The minimum Gasteiger partial charge on any atom is -0.370 e. The molecule has 0 saturated heterocycles. The van der Waals surface area contributed by atoms with E-state index in [0.29, 0.717) is 0 Å². The molecule has 1 aliphatic heterocycles. The van der Waals surface area contributed by atoms with Crippen LogP contribution in [0, 0.1) is 0 Å². The van der Waals surface area contributed by atoms with Crippen molar-refractivity contribution in [1.82, 2.24) is 9.78 Å². The number of aromatic nitrogens is 2. The molecule has 0 spiro atoms. The first-order chi connectivity index (χ1) is 7.84. The molecule has 0 unspecified atom stereocenters. The van der Waals surface area contributed by atoms with Gasteiger partial charge in [-0.3, -0.25) is 0 Å². The number of benzene rings is 1. The molecule has 0 radical (unpaired) electrons. The fourth-order valence-corrected chi connectivity index (χ4v) is 2.44. The van der Waals surface area contributed by atoms with Gasteiger partial charge in [-0.2, -0.15) is 5.10 Å². The molecule has 2 heterocycles. The Morgan fingerprint density at radius 3 is 3.19 bits per heavy atom. The number of nitrogens with zero attached hydrogens (tertiary/aromatic N) is 2. The fraction of sp³-hybridized carbons (Fsp3) is 0.250. The predicted molar refractivity (Wildman–Crippen MR) is 68.5 cm³/mol. The molecular formula is C12H12BrN3. The summed E-state index contributed by atoms with van der Waals surface area (Å²) in [5.74, 6) is 1.14. The molecule has 0 atom stereocenters. The smallest absolute Gasteiger partial charge is 0.132 e. The molecule has 3 rings (SSSR count). The van der Waals surface area contributed by atoms with Crippen molar-refractivity contribution < 1.29 is 0 Å². The van der Waals surface area contributed by atoms with Gasteiger partial charge in [0.1, 0.15) is 5.82 Å². The van der Waals surface area contributed by atoms with Crippen molar-refractivity contribution in [2.75, 3.05) is 11.9 Å². The van der Waals surface area contributed by atoms with Gasteiger partial charge in [-0.1, -0.05) is 28.1 Å². The third-order valence-electron chi connectivity index (χ3n) is 2.81. The molecule has 1 N–H and O–H groups in total. The summed E-state index contributed by atoms with van der Waals surface area (Å²) in [6.07, 6.45) is 3.09. The van der Waals surface area contributed by atoms with E-state index in [9.17, 15) is 0 Å². The Morgan fingerprint density at radius 2 is 2.31 bits per heavy atom. The van der Waals surface area contributed by atoms with Crippen molar-refractivity contribution in [2.45, 2.75) is 13.0 Å². The number of anilines is 1. The van der Waals surface area contributed by atoms with E-state index in [0.717, 1.165) is 29.8 Å². The summed E-state index contributed by atoms with van der Waals surface area (Å²) in [6.45, 7) is 2.04. The zero-order chi connectivity index (χ0) is 11.0. The van der Waals surface area contributed by atoms with Crippen LogP contribution < -0.4 is 5.32 Å². The van der Waals surface area contributed by atoms with E-state index in [2.05, 4.69) is 38.5 Å². The van der Waals surface area contributed by atoms with E-state index in [1.807, 2.05) is 23.0 Å². The maximum atomic E-state index is 4.40. The van der Waals surface area contributed by atoms with E-state index >= 15 is 0 Å². The summed E-state index contributed by atoms with van der Waals surface area (Å²) in [4.78, 5) is 0. The standard InChI is InChI=1S/C12H12BrN3/c13-10-4-1-3-9(7-10)11-8-15-16-6-2-5-14-12(11)16/h1,3-4,7-8,14H,2,5-6H2. The molecule has 0 aliphatic carbocycles. The average Bonchev–Trinajstić information content (AvgIpc) is 2.72. The molecule has 0 fully saturated rings. The monoisotopic (exact) mass is 277 g/mol.